The summed E-state index contributed by atoms with van der Waals surface area (Å²) in [5.74, 6) is 1.18. The van der Waals surface area contributed by atoms with Gasteiger partial charge in [-0.1, -0.05) is 48.2 Å². The molecular weight excluding hydrogens is 464 g/mol. The minimum atomic E-state index is -3.09. The van der Waals surface area contributed by atoms with Gasteiger partial charge in [0.1, 0.15) is 0 Å². The van der Waals surface area contributed by atoms with Crippen molar-refractivity contribution in [2.75, 3.05) is 17.3 Å². The maximum absolute atomic E-state index is 13.3. The molecule has 2 aliphatic rings. The monoisotopic (exact) mass is 488 g/mol. The molecule has 2 fully saturated rings. The van der Waals surface area contributed by atoms with Crippen LogP contribution in [0.25, 0.3) is 10.7 Å². The van der Waals surface area contributed by atoms with E-state index in [1.54, 1.807) is 16.2 Å². The topological polar surface area (TPSA) is 85.2 Å². The molecule has 1 saturated carbocycles. The van der Waals surface area contributed by atoms with E-state index >= 15 is 0 Å². The van der Waals surface area contributed by atoms with Crippen LogP contribution in [0.1, 0.15) is 30.9 Å². The number of sulfone groups is 1. The third-order valence-electron chi connectivity index (χ3n) is 5.81. The SMILES string of the molecule is O=C(CSc1nnc(-c2cccs2)n1C1CC1)N(Cc1ccccc1)C1CCS(=O)(=O)C1. The zero-order valence-corrected chi connectivity index (χ0v) is 19.9. The first kappa shape index (κ1) is 21.7. The van der Waals surface area contributed by atoms with Crippen molar-refractivity contribution in [2.24, 2.45) is 0 Å². The summed E-state index contributed by atoms with van der Waals surface area (Å²) in [5.41, 5.74) is 0.997. The van der Waals surface area contributed by atoms with Crippen LogP contribution >= 0.6 is 23.1 Å². The van der Waals surface area contributed by atoms with E-state index in [0.29, 0.717) is 19.0 Å². The second-order valence-electron chi connectivity index (χ2n) is 8.24. The highest BCUT2D eigenvalue weighted by molar-refractivity contribution is 7.99. The van der Waals surface area contributed by atoms with Gasteiger partial charge >= 0.3 is 0 Å². The molecule has 0 radical (unpaired) electrons. The number of rotatable bonds is 8. The number of benzene rings is 1. The highest BCUT2D eigenvalue weighted by Gasteiger charge is 2.35. The van der Waals surface area contributed by atoms with E-state index in [1.807, 2.05) is 47.8 Å². The van der Waals surface area contributed by atoms with Gasteiger partial charge in [0.05, 0.1) is 22.1 Å². The lowest BCUT2D eigenvalue weighted by Crippen LogP contribution is -2.41. The van der Waals surface area contributed by atoms with Crippen LogP contribution in [-0.4, -0.2) is 57.3 Å². The Balaban J connectivity index is 1.34. The summed E-state index contributed by atoms with van der Waals surface area (Å²) in [5, 5.41) is 11.6. The molecular formula is C22H24N4O3S3. The van der Waals surface area contributed by atoms with E-state index in [4.69, 9.17) is 0 Å². The van der Waals surface area contributed by atoms with E-state index in [0.717, 1.165) is 34.3 Å². The van der Waals surface area contributed by atoms with Crippen LogP contribution in [0.15, 0.2) is 53.0 Å². The van der Waals surface area contributed by atoms with Crippen LogP contribution < -0.4 is 0 Å². The van der Waals surface area contributed by atoms with E-state index in [-0.39, 0.29) is 29.2 Å². The molecule has 1 aromatic carbocycles. The van der Waals surface area contributed by atoms with Gasteiger partial charge in [0.15, 0.2) is 20.8 Å². The van der Waals surface area contributed by atoms with E-state index in [9.17, 15) is 13.2 Å². The summed E-state index contributed by atoms with van der Waals surface area (Å²) < 4.78 is 26.3. The third kappa shape index (κ3) is 4.77. The second kappa shape index (κ2) is 8.99. The molecule has 5 rings (SSSR count). The first-order valence-electron chi connectivity index (χ1n) is 10.7. The van der Waals surface area contributed by atoms with Gasteiger partial charge in [-0.3, -0.25) is 9.36 Å². The summed E-state index contributed by atoms with van der Waals surface area (Å²) in [6, 6.07) is 13.9. The average molecular weight is 489 g/mol. The van der Waals surface area contributed by atoms with Crippen molar-refractivity contribution in [3.05, 3.63) is 53.4 Å². The van der Waals surface area contributed by atoms with Crippen molar-refractivity contribution in [1.82, 2.24) is 19.7 Å². The van der Waals surface area contributed by atoms with E-state index < -0.39 is 9.84 Å². The van der Waals surface area contributed by atoms with Crippen molar-refractivity contribution >= 4 is 38.8 Å². The van der Waals surface area contributed by atoms with Gasteiger partial charge in [-0.2, -0.15) is 0 Å². The molecule has 0 bridgehead atoms. The smallest absolute Gasteiger partial charge is 0.233 e. The van der Waals surface area contributed by atoms with Gasteiger partial charge in [0, 0.05) is 18.6 Å². The Morgan fingerprint density at radius 3 is 2.59 bits per heavy atom. The lowest BCUT2D eigenvalue weighted by molar-refractivity contribution is -0.130. The Kier molecular flexibility index (Phi) is 6.09. The van der Waals surface area contributed by atoms with Crippen LogP contribution in [0.4, 0.5) is 0 Å². The van der Waals surface area contributed by atoms with Crippen LogP contribution in [0.3, 0.4) is 0 Å². The molecule has 168 valence electrons. The fourth-order valence-electron chi connectivity index (χ4n) is 4.04. The Hall–Kier alpha value is -2.17. The van der Waals surface area contributed by atoms with Gasteiger partial charge in [-0.25, -0.2) is 8.42 Å². The fraction of sp³-hybridized carbons (Fsp3) is 0.409. The lowest BCUT2D eigenvalue weighted by atomic mass is 10.1. The quantitative estimate of drug-likeness (QED) is 0.450. The van der Waals surface area contributed by atoms with E-state index in [1.165, 1.54) is 11.8 Å². The molecule has 1 atom stereocenters. The highest BCUT2D eigenvalue weighted by Crippen LogP contribution is 2.41. The van der Waals surface area contributed by atoms with Gasteiger partial charge in [0.25, 0.3) is 0 Å². The maximum atomic E-state index is 13.3. The van der Waals surface area contributed by atoms with Crippen molar-refractivity contribution in [2.45, 2.75) is 43.0 Å². The largest absolute Gasteiger partial charge is 0.334 e. The predicted octanol–water partition coefficient (Wildman–Crippen LogP) is 3.65. The van der Waals surface area contributed by atoms with Crippen LogP contribution in [0, 0.1) is 0 Å². The zero-order chi connectivity index (χ0) is 22.1. The predicted molar refractivity (Wildman–Crippen MR) is 126 cm³/mol. The van der Waals surface area contributed by atoms with Crippen LogP contribution in [0.2, 0.25) is 0 Å². The van der Waals surface area contributed by atoms with Crippen molar-refractivity contribution in [1.29, 1.82) is 0 Å². The molecule has 1 aliphatic heterocycles. The first-order chi connectivity index (χ1) is 15.5. The molecule has 10 heteroatoms. The number of aromatic nitrogens is 3. The number of hydrogen-bond donors (Lipinski definition) is 0. The highest BCUT2D eigenvalue weighted by atomic mass is 32.2. The lowest BCUT2D eigenvalue weighted by Gasteiger charge is -2.28. The van der Waals surface area contributed by atoms with Gasteiger partial charge in [-0.05, 0) is 36.3 Å². The maximum Gasteiger partial charge on any atom is 0.233 e. The molecule has 3 aromatic rings. The number of carbonyl (C=O) groups excluding carboxylic acids is 1. The minimum Gasteiger partial charge on any atom is -0.334 e. The minimum absolute atomic E-state index is 0.0387. The summed E-state index contributed by atoms with van der Waals surface area (Å²) in [6.07, 6.45) is 2.68. The Morgan fingerprint density at radius 2 is 1.94 bits per heavy atom. The molecule has 1 aliphatic carbocycles. The third-order valence-corrected chi connectivity index (χ3v) is 9.35. The standard InChI is InChI=1S/C22H24N4O3S3/c27-20(25(13-16-5-2-1-3-6-16)18-10-12-32(28,29)15-18)14-31-22-24-23-21(19-7-4-11-30-19)26(22)17-8-9-17/h1-7,11,17-18H,8-10,12-15H2. The average Bonchev–Trinajstić information content (AvgIpc) is 3.16. The molecule has 1 unspecified atom stereocenters. The molecule has 1 saturated heterocycles. The summed E-state index contributed by atoms with van der Waals surface area (Å²) in [7, 11) is -3.09. The zero-order valence-electron chi connectivity index (χ0n) is 17.5. The van der Waals surface area contributed by atoms with E-state index in [2.05, 4.69) is 14.8 Å². The number of thiophene rings is 1. The normalized spacial score (nSPS) is 19.8. The Bertz CT molecular complexity index is 1190. The van der Waals surface area contributed by atoms with Crippen LogP contribution in [0.5, 0.6) is 0 Å². The molecule has 1 amide bonds. The van der Waals surface area contributed by atoms with Gasteiger partial charge < -0.3 is 4.90 Å². The number of amides is 1. The molecule has 0 spiro atoms. The Morgan fingerprint density at radius 1 is 1.12 bits per heavy atom. The van der Waals surface area contributed by atoms with Crippen molar-refractivity contribution < 1.29 is 13.2 Å². The van der Waals surface area contributed by atoms with Gasteiger partial charge in [-0.15, -0.1) is 21.5 Å². The number of nitrogens with zero attached hydrogens (tertiary/aromatic N) is 4. The number of carbonyl (C=O) groups is 1. The summed E-state index contributed by atoms with van der Waals surface area (Å²) in [4.78, 5) is 16.1. The first-order valence-corrected chi connectivity index (χ1v) is 14.3. The summed E-state index contributed by atoms with van der Waals surface area (Å²) >= 11 is 3.02. The van der Waals surface area contributed by atoms with Crippen molar-refractivity contribution in [3.63, 3.8) is 0 Å². The fourth-order valence-corrected chi connectivity index (χ4v) is 7.37. The second-order valence-corrected chi connectivity index (χ2v) is 12.4. The molecule has 32 heavy (non-hydrogen) atoms. The van der Waals surface area contributed by atoms with Crippen LogP contribution in [-0.2, 0) is 21.2 Å². The molecule has 7 nitrogen and oxygen atoms in total. The molecule has 3 heterocycles. The molecule has 2 aromatic heterocycles. The number of thioether (sulfide) groups is 1. The number of hydrogen-bond acceptors (Lipinski definition) is 7. The Labute approximate surface area is 195 Å². The van der Waals surface area contributed by atoms with Crippen molar-refractivity contribution in [3.8, 4) is 10.7 Å². The summed E-state index contributed by atoms with van der Waals surface area (Å²) in [6.45, 7) is 0.413. The van der Waals surface area contributed by atoms with Gasteiger partial charge in [0.2, 0.25) is 5.91 Å². The molecule has 0 N–H and O–H groups in total.